The number of unbranched alkanes of at least 4 members (excludes halogenated alkanes) is 6. The van der Waals surface area contributed by atoms with Crippen molar-refractivity contribution in [2.45, 2.75) is 220 Å². The molecule has 14 atom stereocenters. The molecule has 49 heteroatoms. The fourth-order valence-electron chi connectivity index (χ4n) is 14.7. The molecular formula is C87H111N17O31S. The van der Waals surface area contributed by atoms with Crippen molar-refractivity contribution in [3.05, 3.63) is 119 Å². The number of rotatable bonds is 39. The van der Waals surface area contributed by atoms with E-state index < -0.39 is 302 Å². The first-order chi connectivity index (χ1) is 64.4. The summed E-state index contributed by atoms with van der Waals surface area (Å²) in [5.74, 6) is -31.7. The number of ether oxygens (including phenoxy) is 2. The summed E-state index contributed by atoms with van der Waals surface area (Å²) in [7, 11) is -4.73. The number of aliphatic hydroxyl groups is 1. The maximum Gasteiger partial charge on any atom is 0.407 e. The van der Waals surface area contributed by atoms with Gasteiger partial charge in [-0.15, -0.1) is 0 Å². The van der Waals surface area contributed by atoms with Crippen molar-refractivity contribution in [2.24, 2.45) is 11.7 Å². The van der Waals surface area contributed by atoms with E-state index in [0.29, 0.717) is 51.6 Å². The molecule has 2 aliphatic rings. The van der Waals surface area contributed by atoms with E-state index in [0.717, 1.165) is 52.9 Å². The summed E-state index contributed by atoms with van der Waals surface area (Å²) in [5.41, 5.74) is 14.5. The molecule has 736 valence electrons. The third-order valence-electron chi connectivity index (χ3n) is 21.8. The lowest BCUT2D eigenvalue weighted by Crippen LogP contribution is -2.62. The number of carboxylic acid groups (broad SMARTS) is 4. The fourth-order valence-corrected chi connectivity index (χ4v) is 15.3. The maximum atomic E-state index is 15.1. The zero-order valence-electron chi connectivity index (χ0n) is 74.3. The zero-order valence-corrected chi connectivity index (χ0v) is 75.1. The smallest absolute Gasteiger partial charge is 0.407 e. The number of nitrogen functional groups attached to an aromatic ring is 1. The molecule has 4 aromatic carbocycles. The number of nitrogens with one attached hydrogen (secondary N) is 15. The number of aliphatic hydroxyl groups excluding tert-OH is 1. The summed E-state index contributed by atoms with van der Waals surface area (Å²) in [6, 6.07) is -1.04. The molecule has 7 rings (SSSR count). The molecule has 1 aliphatic heterocycles. The molecule has 5 aromatic rings. The van der Waals surface area contributed by atoms with Crippen molar-refractivity contribution in [2.75, 3.05) is 38.6 Å². The van der Waals surface area contributed by atoms with E-state index in [4.69, 9.17) is 20.9 Å². The quantitative estimate of drug-likeness (QED) is 0.00621. The average molecular weight is 1920 g/mol. The number of anilines is 1. The number of carbonyl (C=O) groups excluding carboxylic acids is 17. The Morgan fingerprint density at radius 2 is 1.12 bits per heavy atom. The summed E-state index contributed by atoms with van der Waals surface area (Å²) >= 11 is 0. The van der Waals surface area contributed by atoms with Crippen molar-refractivity contribution in [1.29, 1.82) is 0 Å². The lowest BCUT2D eigenvalue weighted by atomic mass is 9.96. The Balaban J connectivity index is 1.27. The first-order valence-electron chi connectivity index (χ1n) is 43.2. The predicted octanol–water partition coefficient (Wildman–Crippen LogP) is -2.80. The number of nitrogens with two attached hydrogens (primary N) is 2. The molecule has 25 N–H and O–H groups in total. The summed E-state index contributed by atoms with van der Waals surface area (Å²) < 4.78 is 45.6. The average Bonchev–Trinajstić information content (AvgIpc) is 1.60. The van der Waals surface area contributed by atoms with Crippen LogP contribution in [-0.2, 0) is 117 Å². The van der Waals surface area contributed by atoms with E-state index in [9.17, 15) is 125 Å². The number of primary amides is 1. The Morgan fingerprint density at radius 3 is 1.76 bits per heavy atom. The van der Waals surface area contributed by atoms with Gasteiger partial charge in [-0.3, -0.25) is 95.6 Å². The Bertz CT molecular complexity index is 5420. The Morgan fingerprint density at radius 1 is 0.559 bits per heavy atom. The standard InChI is InChI=1S/C87H111N17O31S/c1-5-6-7-8-9-10-11-26-67(108)96-58(31-46-38-91-56-24-17-15-19-48(46)56)80(123)99-59(34-66(89)107)81(124)101-62(37-73(117)118)82(125)104-75-45(4)135-86(129)63(33-65(106)52-22-14-16-23-55(52)88)102-85(128)74(43(2)30-70(111)112)103-83(126)64(41-105)97-69(110)39-92-77(120)60(35-71(113)114)98-76(119)44(3)94-79(122)61(36-72(115)116)100-78(121)57(95-68(109)40-93-84(75)127)25-18-29-90-87(130)134-42-54-50-21-13-12-20-49(50)51-28-27-47(32-53(51)54)136(131,132)133/h12-17,19-24,27-28,32,38,43-45,54,57-64,74-75,91,105H,5-11,18,25-26,29-31,33-37,39-42,88H2,1-4H3,(H2,89,107)(H,90,130)(H,92,120)(H,93,127)(H,94,122)(H,95,109)(H,96,108)(H,97,110)(H,98,119)(H,99,123)(H,100,121)(H,101,124)(H,102,128)(H,103,126)(H,104,125)(H,111,112)(H,113,114)(H,115,116)(H,117,118)(H,131,132,133)/t43-,44-,45-,54?,57+,58?,59-,60+,61+,62+,63+,64-,74+,75+/m1/s1. The Kier molecular flexibility index (Phi) is 41.2. The minimum atomic E-state index is -4.73. The summed E-state index contributed by atoms with van der Waals surface area (Å²) in [4.78, 5) is 294. The largest absolute Gasteiger partial charge is 0.481 e. The van der Waals surface area contributed by atoms with Crippen LogP contribution in [0.3, 0.4) is 0 Å². The van der Waals surface area contributed by atoms with Crippen molar-refractivity contribution < 1.29 is 149 Å². The molecule has 1 fully saturated rings. The van der Waals surface area contributed by atoms with Gasteiger partial charge >= 0.3 is 35.9 Å². The molecule has 1 saturated heterocycles. The van der Waals surface area contributed by atoms with Crippen LogP contribution in [0.4, 0.5) is 10.5 Å². The number of amides is 15. The molecule has 2 unspecified atom stereocenters. The molecule has 136 heavy (non-hydrogen) atoms. The molecule has 0 saturated carbocycles. The van der Waals surface area contributed by atoms with Crippen LogP contribution in [0.25, 0.3) is 22.0 Å². The molecule has 48 nitrogen and oxygen atoms in total. The monoisotopic (exact) mass is 1920 g/mol. The van der Waals surface area contributed by atoms with Crippen LogP contribution in [0.15, 0.2) is 102 Å². The molecular weight excluding hydrogens is 1810 g/mol. The summed E-state index contributed by atoms with van der Waals surface area (Å²) in [6.07, 6.45) is -4.65. The molecule has 1 aliphatic carbocycles. The number of benzene rings is 4. The maximum absolute atomic E-state index is 15.1. The lowest BCUT2D eigenvalue weighted by Gasteiger charge is -2.30. The van der Waals surface area contributed by atoms with Gasteiger partial charge in [0.2, 0.25) is 82.7 Å². The van der Waals surface area contributed by atoms with Gasteiger partial charge in [0.25, 0.3) is 10.1 Å². The lowest BCUT2D eigenvalue weighted by molar-refractivity contribution is -0.156. The molecule has 0 spiro atoms. The number of hydrogen-bond donors (Lipinski definition) is 23. The number of esters is 1. The van der Waals surface area contributed by atoms with Gasteiger partial charge in [0, 0.05) is 60.1 Å². The van der Waals surface area contributed by atoms with Crippen LogP contribution in [0.5, 0.6) is 0 Å². The van der Waals surface area contributed by atoms with Gasteiger partial charge in [-0.25, -0.2) is 9.59 Å². The molecule has 0 radical (unpaired) electrons. The van der Waals surface area contributed by atoms with Crippen LogP contribution in [0.1, 0.15) is 163 Å². The molecule has 1 aromatic heterocycles. The highest BCUT2D eigenvalue weighted by Crippen LogP contribution is 2.45. The molecule has 2 heterocycles. The van der Waals surface area contributed by atoms with Crippen LogP contribution in [0, 0.1) is 5.92 Å². The first kappa shape index (κ1) is 108. The number of carboxylic acids is 4. The van der Waals surface area contributed by atoms with Crippen molar-refractivity contribution in [1.82, 2.24) is 79.4 Å². The SMILES string of the molecule is CCCCCCCCCC(=O)NC(Cc1c[nH]c2ccccc12)C(=O)N[C@H](CC(N)=O)C(=O)N[C@@H](CC(=O)O)C(=O)N[C@@H]1C(=O)NCC(=O)N[C@@H](CCCNC(=O)OCC2c3ccccc3-c3ccc(S(=O)(=O)O)cc32)C(=O)N[C@@H](CC(=O)O)C(=O)N[C@H](C)C(=O)N[C@@H](CC(=O)O)C(=O)NCC(=O)N[C@H](CO)C(=O)N[C@@H]([C@H](C)CC(=O)O)C(=O)N[C@@H](CC(=O)c2ccccc2N)C(=O)O[C@@H]1C. The van der Waals surface area contributed by atoms with Gasteiger partial charge in [0.1, 0.15) is 79.2 Å². The van der Waals surface area contributed by atoms with Gasteiger partial charge in [-0.05, 0) is 97.2 Å². The highest BCUT2D eigenvalue weighted by atomic mass is 32.2. The number of alkyl carbamates (subject to hydrolysis) is 1. The summed E-state index contributed by atoms with van der Waals surface area (Å²) in [6.45, 7) is 0.0777. The van der Waals surface area contributed by atoms with Gasteiger partial charge in [-0.1, -0.05) is 113 Å². The number of aromatic amines is 1. The number of aromatic nitrogens is 1. The Labute approximate surface area is 776 Å². The number of Topliss-reactive ketones (excluding diaryl/α,β-unsaturated/α-hetero) is 1. The zero-order chi connectivity index (χ0) is 100. The number of ketones is 1. The molecule has 15 amide bonds. The van der Waals surface area contributed by atoms with E-state index in [1.807, 2.05) is 16.0 Å². The normalized spacial score (nSPS) is 20.5. The number of H-pyrrole nitrogens is 1. The van der Waals surface area contributed by atoms with Gasteiger partial charge in [0.15, 0.2) is 5.78 Å². The number of carbonyl (C=O) groups is 21. The second-order valence-electron chi connectivity index (χ2n) is 32.3. The fraction of sp³-hybridized carbons (Fsp3) is 0.460. The first-order valence-corrected chi connectivity index (χ1v) is 44.7. The predicted molar refractivity (Wildman–Crippen MR) is 474 cm³/mol. The van der Waals surface area contributed by atoms with E-state index in [1.165, 1.54) is 42.5 Å². The van der Waals surface area contributed by atoms with E-state index in [-0.39, 0.29) is 30.5 Å². The van der Waals surface area contributed by atoms with E-state index >= 15 is 14.4 Å². The minimum Gasteiger partial charge on any atom is -0.481 e. The Hall–Kier alpha value is -15.0. The third-order valence-corrected chi connectivity index (χ3v) is 22.7. The number of para-hydroxylation sites is 2. The van der Waals surface area contributed by atoms with Crippen molar-refractivity contribution >= 4 is 151 Å². The van der Waals surface area contributed by atoms with Crippen molar-refractivity contribution in [3.8, 4) is 11.1 Å². The number of cyclic esters (lactones) is 1. The number of aliphatic carboxylic acids is 4. The minimum absolute atomic E-state index is 0.0473. The second kappa shape index (κ2) is 51.8. The van der Waals surface area contributed by atoms with E-state index in [2.05, 4.69) is 70.4 Å². The highest BCUT2D eigenvalue weighted by Gasteiger charge is 2.42. The number of hydrogen-bond acceptors (Lipinski definition) is 27. The van der Waals surface area contributed by atoms with Crippen LogP contribution >= 0.6 is 0 Å². The van der Waals surface area contributed by atoms with Gasteiger partial charge in [0.05, 0.1) is 56.7 Å². The third kappa shape index (κ3) is 33.3. The van der Waals surface area contributed by atoms with Crippen molar-refractivity contribution in [3.63, 3.8) is 0 Å². The number of fused-ring (bicyclic) bond motifs is 4. The van der Waals surface area contributed by atoms with Gasteiger partial charge in [-0.2, -0.15) is 8.42 Å². The molecule has 0 bridgehead atoms. The second-order valence-corrected chi connectivity index (χ2v) is 33.8. The summed E-state index contributed by atoms with van der Waals surface area (Å²) in [5, 5.41) is 81.7. The van der Waals surface area contributed by atoms with Crippen LogP contribution < -0.4 is 85.9 Å². The topological polar surface area (TPSA) is 769 Å². The van der Waals surface area contributed by atoms with Gasteiger partial charge < -0.3 is 126 Å². The van der Waals surface area contributed by atoms with Crippen LogP contribution in [-0.4, -0.2) is 273 Å². The highest BCUT2D eigenvalue weighted by molar-refractivity contribution is 7.85. The van der Waals surface area contributed by atoms with E-state index in [1.54, 1.807) is 54.7 Å². The van der Waals surface area contributed by atoms with Crippen LogP contribution in [0.2, 0.25) is 0 Å².